The lowest BCUT2D eigenvalue weighted by molar-refractivity contribution is 0.701. The molecule has 1 nitrogen and oxygen atoms in total. The quantitative estimate of drug-likeness (QED) is 0.750. The molecule has 1 heterocycles. The van der Waals surface area contributed by atoms with E-state index in [1.807, 2.05) is 25.2 Å². The lowest BCUT2D eigenvalue weighted by Gasteiger charge is -2.17. The Labute approximate surface area is 126 Å². The fourth-order valence-electron chi connectivity index (χ4n) is 1.67. The van der Waals surface area contributed by atoms with E-state index in [-0.39, 0.29) is 6.04 Å². The molecule has 0 aliphatic rings. The van der Waals surface area contributed by atoms with Gasteiger partial charge in [-0.05, 0) is 52.1 Å². The summed E-state index contributed by atoms with van der Waals surface area (Å²) < 4.78 is 2.10. The summed E-state index contributed by atoms with van der Waals surface area (Å²) in [5.74, 6) is 0. The van der Waals surface area contributed by atoms with Crippen LogP contribution in [-0.2, 0) is 0 Å². The minimum absolute atomic E-state index is 0.116. The summed E-state index contributed by atoms with van der Waals surface area (Å²) in [6, 6.07) is 8.14. The summed E-state index contributed by atoms with van der Waals surface area (Å²) in [6.07, 6.45) is 0. The predicted molar refractivity (Wildman–Crippen MR) is 82.1 cm³/mol. The smallest absolute Gasteiger partial charge is 0.0694 e. The van der Waals surface area contributed by atoms with Crippen molar-refractivity contribution in [2.75, 3.05) is 7.05 Å². The molecule has 0 saturated heterocycles. The molecule has 0 fully saturated rings. The van der Waals surface area contributed by atoms with E-state index in [9.17, 15) is 0 Å². The standard InChI is InChI=1S/C12H10Br2ClNS/c1-16-11(12-9(14)4-5-17-12)8-3-2-7(13)6-10(8)15/h2-6,11,16H,1H3. The normalized spacial score (nSPS) is 12.7. The molecule has 1 unspecified atom stereocenters. The first-order chi connectivity index (χ1) is 8.13. The summed E-state index contributed by atoms with van der Waals surface area (Å²) >= 11 is 15.0. The zero-order valence-corrected chi connectivity index (χ0v) is 13.8. The van der Waals surface area contributed by atoms with Crippen LogP contribution in [0.15, 0.2) is 38.6 Å². The van der Waals surface area contributed by atoms with Gasteiger partial charge in [-0.2, -0.15) is 0 Å². The largest absolute Gasteiger partial charge is 0.309 e. The second-order valence-electron chi connectivity index (χ2n) is 3.52. The van der Waals surface area contributed by atoms with Gasteiger partial charge in [0.15, 0.2) is 0 Å². The molecule has 0 aliphatic carbocycles. The fourth-order valence-corrected chi connectivity index (χ4v) is 4.19. The number of halogens is 3. The molecule has 0 aliphatic heterocycles. The third kappa shape index (κ3) is 2.93. The van der Waals surface area contributed by atoms with Gasteiger partial charge in [0.05, 0.1) is 6.04 Å². The molecular weight excluding hydrogens is 385 g/mol. The first-order valence-corrected chi connectivity index (χ1v) is 7.83. The van der Waals surface area contributed by atoms with Crippen LogP contribution in [0.25, 0.3) is 0 Å². The highest BCUT2D eigenvalue weighted by Crippen LogP contribution is 2.36. The molecule has 2 rings (SSSR count). The van der Waals surface area contributed by atoms with Gasteiger partial charge in [-0.3, -0.25) is 0 Å². The summed E-state index contributed by atoms with van der Waals surface area (Å²) in [7, 11) is 1.94. The third-order valence-corrected chi connectivity index (χ3v) is 5.23. The van der Waals surface area contributed by atoms with Crippen molar-refractivity contribution in [1.82, 2.24) is 5.32 Å². The van der Waals surface area contributed by atoms with E-state index in [1.54, 1.807) is 11.3 Å². The van der Waals surface area contributed by atoms with Gasteiger partial charge in [0.2, 0.25) is 0 Å². The summed E-state index contributed by atoms with van der Waals surface area (Å²) in [5.41, 5.74) is 1.08. The maximum Gasteiger partial charge on any atom is 0.0694 e. The van der Waals surface area contributed by atoms with Crippen LogP contribution < -0.4 is 5.32 Å². The summed E-state index contributed by atoms with van der Waals surface area (Å²) in [4.78, 5) is 1.23. The van der Waals surface area contributed by atoms with Gasteiger partial charge in [0, 0.05) is 18.8 Å². The first-order valence-electron chi connectivity index (χ1n) is 4.98. The Morgan fingerprint density at radius 1 is 1.29 bits per heavy atom. The maximum atomic E-state index is 6.29. The molecule has 0 saturated carbocycles. The lowest BCUT2D eigenvalue weighted by atomic mass is 10.1. The first kappa shape index (κ1) is 13.6. The molecule has 2 aromatic rings. The number of rotatable bonds is 3. The monoisotopic (exact) mass is 393 g/mol. The molecule has 0 spiro atoms. The number of nitrogens with one attached hydrogen (secondary N) is 1. The molecule has 17 heavy (non-hydrogen) atoms. The Kier molecular flexibility index (Phi) is 4.66. The third-order valence-electron chi connectivity index (χ3n) is 2.47. The van der Waals surface area contributed by atoms with E-state index in [4.69, 9.17) is 11.6 Å². The van der Waals surface area contributed by atoms with Crippen LogP contribution >= 0.6 is 54.8 Å². The Bertz CT molecular complexity index is 527. The van der Waals surface area contributed by atoms with Crippen molar-refractivity contribution < 1.29 is 0 Å². The molecule has 0 amide bonds. The van der Waals surface area contributed by atoms with E-state index < -0.39 is 0 Å². The fraction of sp³-hybridized carbons (Fsp3) is 0.167. The minimum Gasteiger partial charge on any atom is -0.309 e. The van der Waals surface area contributed by atoms with Crippen LogP contribution in [0.4, 0.5) is 0 Å². The molecule has 1 aromatic carbocycles. The van der Waals surface area contributed by atoms with Crippen LogP contribution in [0, 0.1) is 0 Å². The van der Waals surface area contributed by atoms with Crippen molar-refractivity contribution in [2.45, 2.75) is 6.04 Å². The van der Waals surface area contributed by atoms with E-state index in [2.05, 4.69) is 48.6 Å². The Hall–Kier alpha value is 0.130. The van der Waals surface area contributed by atoms with Crippen molar-refractivity contribution in [2.24, 2.45) is 0 Å². The number of benzene rings is 1. The van der Waals surface area contributed by atoms with Gasteiger partial charge < -0.3 is 5.32 Å². The van der Waals surface area contributed by atoms with Crippen molar-refractivity contribution in [3.05, 3.63) is 54.1 Å². The van der Waals surface area contributed by atoms with E-state index in [0.29, 0.717) is 0 Å². The average molecular weight is 396 g/mol. The van der Waals surface area contributed by atoms with Gasteiger partial charge >= 0.3 is 0 Å². The van der Waals surface area contributed by atoms with Gasteiger partial charge in [0.1, 0.15) is 0 Å². The van der Waals surface area contributed by atoms with E-state index in [1.165, 1.54) is 4.88 Å². The van der Waals surface area contributed by atoms with Crippen molar-refractivity contribution >= 4 is 54.8 Å². The van der Waals surface area contributed by atoms with E-state index in [0.717, 1.165) is 19.5 Å². The Balaban J connectivity index is 2.46. The van der Waals surface area contributed by atoms with Gasteiger partial charge in [-0.1, -0.05) is 33.6 Å². The molecule has 1 aromatic heterocycles. The molecule has 5 heteroatoms. The molecule has 0 radical (unpaired) electrons. The molecular formula is C12H10Br2ClNS. The highest BCUT2D eigenvalue weighted by Gasteiger charge is 2.18. The zero-order valence-electron chi connectivity index (χ0n) is 9.01. The van der Waals surface area contributed by atoms with Crippen molar-refractivity contribution in [1.29, 1.82) is 0 Å². The van der Waals surface area contributed by atoms with Crippen LogP contribution in [0.2, 0.25) is 5.02 Å². The van der Waals surface area contributed by atoms with Gasteiger partial charge in [-0.15, -0.1) is 11.3 Å². The Morgan fingerprint density at radius 3 is 2.59 bits per heavy atom. The molecule has 90 valence electrons. The molecule has 1 N–H and O–H groups in total. The second-order valence-corrected chi connectivity index (χ2v) is 6.65. The lowest BCUT2D eigenvalue weighted by Crippen LogP contribution is -2.17. The second kappa shape index (κ2) is 5.85. The maximum absolute atomic E-state index is 6.29. The number of hydrogen-bond acceptors (Lipinski definition) is 2. The average Bonchev–Trinajstić information content (AvgIpc) is 2.69. The van der Waals surface area contributed by atoms with Crippen LogP contribution in [-0.4, -0.2) is 7.05 Å². The molecule has 0 bridgehead atoms. The molecule has 1 atom stereocenters. The highest BCUT2D eigenvalue weighted by atomic mass is 79.9. The SMILES string of the molecule is CNC(c1ccc(Br)cc1Cl)c1sccc1Br. The highest BCUT2D eigenvalue weighted by molar-refractivity contribution is 9.10. The van der Waals surface area contributed by atoms with Crippen LogP contribution in [0.1, 0.15) is 16.5 Å². The van der Waals surface area contributed by atoms with Crippen molar-refractivity contribution in [3.63, 3.8) is 0 Å². The van der Waals surface area contributed by atoms with Crippen LogP contribution in [0.3, 0.4) is 0 Å². The number of thiophene rings is 1. The predicted octanol–water partition coefficient (Wildman–Crippen LogP) is 5.24. The number of hydrogen-bond donors (Lipinski definition) is 1. The van der Waals surface area contributed by atoms with Gasteiger partial charge in [0.25, 0.3) is 0 Å². The topological polar surface area (TPSA) is 12.0 Å². The Morgan fingerprint density at radius 2 is 2.06 bits per heavy atom. The van der Waals surface area contributed by atoms with E-state index >= 15 is 0 Å². The minimum atomic E-state index is 0.116. The zero-order chi connectivity index (χ0) is 12.4. The summed E-state index contributed by atoms with van der Waals surface area (Å²) in [5, 5.41) is 6.13. The van der Waals surface area contributed by atoms with Crippen LogP contribution in [0.5, 0.6) is 0 Å². The van der Waals surface area contributed by atoms with Gasteiger partial charge in [-0.25, -0.2) is 0 Å². The van der Waals surface area contributed by atoms with Crippen molar-refractivity contribution in [3.8, 4) is 0 Å². The summed E-state index contributed by atoms with van der Waals surface area (Å²) in [6.45, 7) is 0.